The smallest absolute Gasteiger partial charge is 0.0602 e. The van der Waals surface area contributed by atoms with E-state index in [0.29, 0.717) is 11.8 Å². The monoisotopic (exact) mass is 274 g/mol. The summed E-state index contributed by atoms with van der Waals surface area (Å²) in [5.41, 5.74) is 0. The Morgan fingerprint density at radius 2 is 1.35 bits per heavy atom. The molecule has 1 saturated heterocycles. The predicted molar refractivity (Wildman–Crippen MR) is 87.3 cm³/mol. The lowest BCUT2D eigenvalue weighted by Gasteiger charge is -2.33. The van der Waals surface area contributed by atoms with Crippen LogP contribution in [0.25, 0.3) is 0 Å². The fourth-order valence-corrected chi connectivity index (χ4v) is 2.20. The molecule has 0 bridgehead atoms. The number of piperazine rings is 1. The van der Waals surface area contributed by atoms with Crippen molar-refractivity contribution in [3.63, 3.8) is 0 Å². The Bertz CT molecular complexity index is 368. The average Bonchev–Trinajstić information content (AvgIpc) is 2.39. The van der Waals surface area contributed by atoms with Gasteiger partial charge >= 0.3 is 0 Å². The molecule has 112 valence electrons. The summed E-state index contributed by atoms with van der Waals surface area (Å²) >= 11 is 0. The SMILES string of the molecule is CC(C)C#CCCCN1CCN(CC#CC(C)C)CC1. The van der Waals surface area contributed by atoms with Gasteiger partial charge in [-0.3, -0.25) is 4.90 Å². The Morgan fingerprint density at radius 3 is 1.95 bits per heavy atom. The lowest BCUT2D eigenvalue weighted by Crippen LogP contribution is -2.46. The van der Waals surface area contributed by atoms with Gasteiger partial charge in [-0.25, -0.2) is 0 Å². The number of nitrogens with zero attached hydrogens (tertiary/aromatic N) is 2. The Kier molecular flexibility index (Phi) is 8.43. The second-order valence-corrected chi connectivity index (χ2v) is 6.17. The molecule has 1 aliphatic rings. The van der Waals surface area contributed by atoms with Crippen LogP contribution < -0.4 is 0 Å². The lowest BCUT2D eigenvalue weighted by molar-refractivity contribution is 0.143. The van der Waals surface area contributed by atoms with Crippen LogP contribution in [0, 0.1) is 35.5 Å². The zero-order chi connectivity index (χ0) is 14.8. The van der Waals surface area contributed by atoms with E-state index in [-0.39, 0.29) is 0 Å². The van der Waals surface area contributed by atoms with Crippen LogP contribution in [0.2, 0.25) is 0 Å². The minimum atomic E-state index is 0.489. The third-order valence-electron chi connectivity index (χ3n) is 3.33. The van der Waals surface area contributed by atoms with Gasteiger partial charge in [0.15, 0.2) is 0 Å². The van der Waals surface area contributed by atoms with Crippen LogP contribution in [0.5, 0.6) is 0 Å². The van der Waals surface area contributed by atoms with Crippen LogP contribution in [-0.4, -0.2) is 49.1 Å². The van der Waals surface area contributed by atoms with Crippen molar-refractivity contribution in [2.45, 2.75) is 40.5 Å². The van der Waals surface area contributed by atoms with Crippen molar-refractivity contribution >= 4 is 0 Å². The first kappa shape index (κ1) is 17.1. The van der Waals surface area contributed by atoms with Gasteiger partial charge in [0.25, 0.3) is 0 Å². The van der Waals surface area contributed by atoms with Crippen molar-refractivity contribution in [2.24, 2.45) is 11.8 Å². The van der Waals surface area contributed by atoms with Crippen LogP contribution in [0.1, 0.15) is 40.5 Å². The summed E-state index contributed by atoms with van der Waals surface area (Å²) < 4.78 is 0. The molecule has 0 N–H and O–H groups in total. The van der Waals surface area contributed by atoms with Crippen molar-refractivity contribution < 1.29 is 0 Å². The van der Waals surface area contributed by atoms with Gasteiger partial charge in [-0.2, -0.15) is 0 Å². The minimum Gasteiger partial charge on any atom is -0.301 e. The third-order valence-corrected chi connectivity index (χ3v) is 3.33. The zero-order valence-electron chi connectivity index (χ0n) is 13.7. The second-order valence-electron chi connectivity index (χ2n) is 6.17. The molecule has 1 rings (SSSR count). The summed E-state index contributed by atoms with van der Waals surface area (Å²) in [6, 6.07) is 0. The molecule has 0 saturated carbocycles. The Labute approximate surface area is 125 Å². The first-order valence-corrected chi connectivity index (χ1v) is 7.99. The van der Waals surface area contributed by atoms with E-state index in [4.69, 9.17) is 0 Å². The van der Waals surface area contributed by atoms with Crippen LogP contribution in [0.3, 0.4) is 0 Å². The van der Waals surface area contributed by atoms with Crippen molar-refractivity contribution in [1.29, 1.82) is 0 Å². The van der Waals surface area contributed by atoms with E-state index < -0.39 is 0 Å². The molecule has 0 aromatic heterocycles. The highest BCUT2D eigenvalue weighted by Gasteiger charge is 2.14. The fraction of sp³-hybridized carbons (Fsp3) is 0.778. The molecule has 0 spiro atoms. The molecule has 1 heterocycles. The summed E-state index contributed by atoms with van der Waals surface area (Å²) in [6.45, 7) is 15.4. The molecule has 0 unspecified atom stereocenters. The van der Waals surface area contributed by atoms with Crippen LogP contribution >= 0.6 is 0 Å². The van der Waals surface area contributed by atoms with Gasteiger partial charge in [0, 0.05) is 44.4 Å². The topological polar surface area (TPSA) is 6.48 Å². The molecule has 0 atom stereocenters. The summed E-state index contributed by atoms with van der Waals surface area (Å²) in [7, 11) is 0. The fourth-order valence-electron chi connectivity index (χ4n) is 2.20. The molecule has 0 aromatic carbocycles. The second kappa shape index (κ2) is 9.87. The number of unbranched alkanes of at least 4 members (excludes halogenated alkanes) is 1. The van der Waals surface area contributed by atoms with Gasteiger partial charge in [0.05, 0.1) is 6.54 Å². The average molecular weight is 274 g/mol. The van der Waals surface area contributed by atoms with E-state index >= 15 is 0 Å². The zero-order valence-corrected chi connectivity index (χ0v) is 13.7. The maximum Gasteiger partial charge on any atom is 0.0602 e. The highest BCUT2D eigenvalue weighted by Crippen LogP contribution is 2.03. The largest absolute Gasteiger partial charge is 0.301 e. The molecule has 0 aliphatic carbocycles. The van der Waals surface area contributed by atoms with Gasteiger partial charge in [-0.05, 0) is 13.0 Å². The molecule has 0 amide bonds. The van der Waals surface area contributed by atoms with E-state index in [1.54, 1.807) is 0 Å². The molecular weight excluding hydrogens is 244 g/mol. The molecule has 1 aliphatic heterocycles. The highest BCUT2D eigenvalue weighted by molar-refractivity contribution is 5.03. The van der Waals surface area contributed by atoms with Gasteiger partial charge in [-0.15, -0.1) is 11.8 Å². The first-order valence-electron chi connectivity index (χ1n) is 7.99. The van der Waals surface area contributed by atoms with Gasteiger partial charge in [-0.1, -0.05) is 39.5 Å². The van der Waals surface area contributed by atoms with Gasteiger partial charge in [0.1, 0.15) is 0 Å². The summed E-state index contributed by atoms with van der Waals surface area (Å²) in [6.07, 6.45) is 2.24. The van der Waals surface area contributed by atoms with Crippen molar-refractivity contribution in [1.82, 2.24) is 9.80 Å². The maximum absolute atomic E-state index is 3.28. The predicted octanol–water partition coefficient (Wildman–Crippen LogP) is 2.70. The lowest BCUT2D eigenvalue weighted by atomic mass is 10.2. The maximum atomic E-state index is 3.28. The van der Waals surface area contributed by atoms with Crippen LogP contribution in [0.15, 0.2) is 0 Å². The summed E-state index contributed by atoms with van der Waals surface area (Å²) in [5, 5.41) is 0. The quantitative estimate of drug-likeness (QED) is 0.574. The Balaban J connectivity index is 2.11. The first-order chi connectivity index (χ1) is 9.58. The summed E-state index contributed by atoms with van der Waals surface area (Å²) in [5.74, 6) is 14.0. The van der Waals surface area contributed by atoms with E-state index in [1.807, 2.05) is 0 Å². The normalized spacial score (nSPS) is 16.7. The van der Waals surface area contributed by atoms with Gasteiger partial charge < -0.3 is 4.90 Å². The molecule has 0 aromatic rings. The molecule has 20 heavy (non-hydrogen) atoms. The number of hydrogen-bond donors (Lipinski definition) is 0. The highest BCUT2D eigenvalue weighted by atomic mass is 15.3. The van der Waals surface area contributed by atoms with E-state index in [9.17, 15) is 0 Å². The third kappa shape index (κ3) is 8.26. The van der Waals surface area contributed by atoms with Crippen molar-refractivity contribution in [2.75, 3.05) is 39.3 Å². The van der Waals surface area contributed by atoms with Crippen molar-refractivity contribution in [3.8, 4) is 23.7 Å². The van der Waals surface area contributed by atoms with Gasteiger partial charge in [0.2, 0.25) is 0 Å². The number of rotatable bonds is 4. The molecule has 2 nitrogen and oxygen atoms in total. The summed E-state index contributed by atoms with van der Waals surface area (Å²) in [4.78, 5) is 5.02. The molecular formula is C18H30N2. The van der Waals surface area contributed by atoms with Crippen molar-refractivity contribution in [3.05, 3.63) is 0 Å². The van der Waals surface area contributed by atoms with E-state index in [2.05, 4.69) is 61.2 Å². The van der Waals surface area contributed by atoms with Crippen LogP contribution in [0.4, 0.5) is 0 Å². The number of hydrogen-bond acceptors (Lipinski definition) is 2. The minimum absolute atomic E-state index is 0.489. The Hall–Kier alpha value is -0.960. The Morgan fingerprint density at radius 1 is 0.800 bits per heavy atom. The van der Waals surface area contributed by atoms with E-state index in [0.717, 1.165) is 26.1 Å². The molecule has 0 radical (unpaired) electrons. The van der Waals surface area contributed by atoms with E-state index in [1.165, 1.54) is 26.1 Å². The van der Waals surface area contributed by atoms with Crippen LogP contribution in [-0.2, 0) is 0 Å². The molecule has 2 heteroatoms. The standard InChI is InChI=1S/C18H30N2/c1-17(2)9-6-5-7-11-19-13-15-20(16-14-19)12-8-10-18(3)4/h17-18H,5,7,11-16H2,1-4H3. The molecule has 1 fully saturated rings.